The summed E-state index contributed by atoms with van der Waals surface area (Å²) >= 11 is 0. The lowest BCUT2D eigenvalue weighted by Gasteiger charge is -2.33. The Morgan fingerprint density at radius 2 is 1.00 bits per heavy atom. The molecule has 8 atom stereocenters. The Kier molecular flexibility index (Phi) is 5.09. The lowest BCUT2D eigenvalue weighted by Crippen LogP contribution is -2.35. The SMILES string of the molecule is CN(C)C[C@@H]1[C@@H](COC[C@H]2[C@@H](CN(C)C)[C@H]3C=C[C@H]2C3)[C@H]2C=C[C@H]1C2. The van der Waals surface area contributed by atoms with Gasteiger partial charge in [0.2, 0.25) is 0 Å². The first-order valence-corrected chi connectivity index (χ1v) is 10.3. The molecule has 140 valence electrons. The topological polar surface area (TPSA) is 15.7 Å². The molecule has 0 saturated heterocycles. The van der Waals surface area contributed by atoms with Crippen LogP contribution in [0.15, 0.2) is 24.3 Å². The molecule has 0 heterocycles. The zero-order valence-corrected chi connectivity index (χ0v) is 16.5. The van der Waals surface area contributed by atoms with E-state index in [-0.39, 0.29) is 0 Å². The first-order valence-electron chi connectivity index (χ1n) is 10.3. The van der Waals surface area contributed by atoms with Crippen LogP contribution in [0, 0.1) is 47.3 Å². The number of fused-ring (bicyclic) bond motifs is 4. The van der Waals surface area contributed by atoms with Crippen LogP contribution in [-0.4, -0.2) is 64.3 Å². The molecule has 4 aliphatic rings. The summed E-state index contributed by atoms with van der Waals surface area (Å²) in [5.41, 5.74) is 0. The van der Waals surface area contributed by atoms with E-state index in [4.69, 9.17) is 4.74 Å². The highest BCUT2D eigenvalue weighted by Crippen LogP contribution is 2.50. The van der Waals surface area contributed by atoms with Crippen LogP contribution in [0.25, 0.3) is 0 Å². The predicted octanol–water partition coefficient (Wildman–Crippen LogP) is 3.00. The number of rotatable bonds is 8. The van der Waals surface area contributed by atoms with Gasteiger partial charge < -0.3 is 14.5 Å². The van der Waals surface area contributed by atoms with Crippen LogP contribution in [-0.2, 0) is 4.74 Å². The van der Waals surface area contributed by atoms with Gasteiger partial charge in [0.25, 0.3) is 0 Å². The van der Waals surface area contributed by atoms with E-state index < -0.39 is 0 Å². The Balaban J connectivity index is 1.32. The molecule has 0 spiro atoms. The molecule has 2 fully saturated rings. The highest BCUT2D eigenvalue weighted by Gasteiger charge is 2.46. The molecule has 0 amide bonds. The van der Waals surface area contributed by atoms with Gasteiger partial charge in [-0.25, -0.2) is 0 Å². The zero-order chi connectivity index (χ0) is 17.6. The standard InChI is InChI=1S/C22H36N2O/c1-23(2)11-19-15-5-7-17(9-15)21(19)13-25-14-22-18-8-6-16(10-18)20(22)12-24(3)4/h5-8,15-22H,9-14H2,1-4H3/t15-,16-,17-,18-,19-,20-,21-,22+/m0/s1. The van der Waals surface area contributed by atoms with Gasteiger partial charge in [-0.15, -0.1) is 0 Å². The van der Waals surface area contributed by atoms with Gasteiger partial charge in [0.1, 0.15) is 0 Å². The fraction of sp³-hybridized carbons (Fsp3) is 0.818. The first-order chi connectivity index (χ1) is 12.0. The van der Waals surface area contributed by atoms with Gasteiger partial charge in [-0.3, -0.25) is 0 Å². The van der Waals surface area contributed by atoms with Gasteiger partial charge in [0.15, 0.2) is 0 Å². The van der Waals surface area contributed by atoms with Gasteiger partial charge in [-0.2, -0.15) is 0 Å². The summed E-state index contributed by atoms with van der Waals surface area (Å²) in [4.78, 5) is 4.72. The van der Waals surface area contributed by atoms with Gasteiger partial charge >= 0.3 is 0 Å². The molecule has 3 heteroatoms. The third-order valence-corrected chi connectivity index (χ3v) is 7.37. The molecule has 4 rings (SSSR count). The molecule has 0 aromatic rings. The van der Waals surface area contributed by atoms with Crippen LogP contribution in [0.2, 0.25) is 0 Å². The predicted molar refractivity (Wildman–Crippen MR) is 103 cm³/mol. The van der Waals surface area contributed by atoms with Gasteiger partial charge in [0, 0.05) is 13.1 Å². The molecule has 2 saturated carbocycles. The summed E-state index contributed by atoms with van der Waals surface area (Å²) < 4.78 is 6.43. The quantitative estimate of drug-likeness (QED) is 0.630. The second kappa shape index (κ2) is 7.17. The van der Waals surface area contributed by atoms with Crippen LogP contribution < -0.4 is 0 Å². The van der Waals surface area contributed by atoms with E-state index in [0.717, 1.165) is 60.6 Å². The van der Waals surface area contributed by atoms with Crippen LogP contribution >= 0.6 is 0 Å². The Labute approximate surface area is 154 Å². The Hall–Kier alpha value is -0.640. The third kappa shape index (κ3) is 3.48. The smallest absolute Gasteiger partial charge is 0.0503 e. The first kappa shape index (κ1) is 17.8. The Bertz CT molecular complexity index is 480. The maximum Gasteiger partial charge on any atom is 0.0503 e. The minimum Gasteiger partial charge on any atom is -0.381 e. The second-order valence-electron chi connectivity index (χ2n) is 9.61. The average molecular weight is 345 g/mol. The van der Waals surface area contributed by atoms with Crippen molar-refractivity contribution in [1.29, 1.82) is 0 Å². The van der Waals surface area contributed by atoms with Crippen molar-refractivity contribution < 1.29 is 4.74 Å². The van der Waals surface area contributed by atoms with E-state index in [1.165, 1.54) is 25.9 Å². The van der Waals surface area contributed by atoms with Crippen molar-refractivity contribution >= 4 is 0 Å². The number of hydrogen-bond donors (Lipinski definition) is 0. The third-order valence-electron chi connectivity index (χ3n) is 7.37. The van der Waals surface area contributed by atoms with Crippen molar-refractivity contribution in [2.24, 2.45) is 47.3 Å². The number of allylic oxidation sites excluding steroid dienone is 4. The van der Waals surface area contributed by atoms with Gasteiger partial charge in [-0.05, 0) is 88.4 Å². The Morgan fingerprint density at radius 1 is 0.640 bits per heavy atom. The minimum absolute atomic E-state index is 0.735. The normalized spacial score (nSPS) is 44.1. The van der Waals surface area contributed by atoms with Crippen molar-refractivity contribution in [3.63, 3.8) is 0 Å². The van der Waals surface area contributed by atoms with Crippen molar-refractivity contribution in [2.45, 2.75) is 12.8 Å². The second-order valence-corrected chi connectivity index (χ2v) is 9.61. The van der Waals surface area contributed by atoms with Crippen molar-refractivity contribution in [1.82, 2.24) is 9.80 Å². The molecule has 0 unspecified atom stereocenters. The van der Waals surface area contributed by atoms with Crippen LogP contribution in [0.5, 0.6) is 0 Å². The fourth-order valence-corrected chi connectivity index (χ4v) is 6.27. The molecule has 0 aromatic carbocycles. The molecule has 3 nitrogen and oxygen atoms in total. The minimum atomic E-state index is 0.735. The van der Waals surface area contributed by atoms with E-state index >= 15 is 0 Å². The molecule has 0 aliphatic heterocycles. The summed E-state index contributed by atoms with van der Waals surface area (Å²) in [5, 5.41) is 0. The van der Waals surface area contributed by atoms with Crippen molar-refractivity contribution in [2.75, 3.05) is 54.5 Å². The van der Waals surface area contributed by atoms with E-state index in [1.54, 1.807) is 0 Å². The highest BCUT2D eigenvalue weighted by molar-refractivity contribution is 5.15. The van der Waals surface area contributed by atoms with E-state index in [2.05, 4.69) is 62.3 Å². The molecule has 4 aliphatic carbocycles. The maximum atomic E-state index is 6.43. The molecular weight excluding hydrogens is 308 g/mol. The molecule has 0 radical (unpaired) electrons. The molecule has 0 aromatic heterocycles. The molecule has 4 bridgehead atoms. The number of hydrogen-bond acceptors (Lipinski definition) is 3. The van der Waals surface area contributed by atoms with Crippen LogP contribution in [0.1, 0.15) is 12.8 Å². The number of nitrogens with zero attached hydrogens (tertiary/aromatic N) is 2. The zero-order valence-electron chi connectivity index (χ0n) is 16.5. The largest absolute Gasteiger partial charge is 0.381 e. The summed E-state index contributed by atoms with van der Waals surface area (Å²) in [6.07, 6.45) is 12.6. The summed E-state index contributed by atoms with van der Waals surface area (Å²) in [6.45, 7) is 4.35. The van der Waals surface area contributed by atoms with Gasteiger partial charge in [0.05, 0.1) is 13.2 Å². The average Bonchev–Trinajstić information content (AvgIpc) is 3.29. The molecule has 25 heavy (non-hydrogen) atoms. The van der Waals surface area contributed by atoms with Gasteiger partial charge in [-0.1, -0.05) is 24.3 Å². The van der Waals surface area contributed by atoms with E-state index in [0.29, 0.717) is 0 Å². The Morgan fingerprint density at radius 3 is 1.36 bits per heavy atom. The lowest BCUT2D eigenvalue weighted by atomic mass is 9.82. The van der Waals surface area contributed by atoms with Crippen molar-refractivity contribution in [3.05, 3.63) is 24.3 Å². The van der Waals surface area contributed by atoms with E-state index in [1.807, 2.05) is 0 Å². The summed E-state index contributed by atoms with van der Waals surface area (Å²) in [5.74, 6) is 6.20. The van der Waals surface area contributed by atoms with E-state index in [9.17, 15) is 0 Å². The fourth-order valence-electron chi connectivity index (χ4n) is 6.27. The number of ether oxygens (including phenoxy) is 1. The monoisotopic (exact) mass is 344 g/mol. The molecular formula is C22H36N2O. The van der Waals surface area contributed by atoms with Crippen LogP contribution in [0.3, 0.4) is 0 Å². The van der Waals surface area contributed by atoms with Crippen LogP contribution in [0.4, 0.5) is 0 Å². The maximum absolute atomic E-state index is 6.43. The molecule has 0 N–H and O–H groups in total. The lowest BCUT2D eigenvalue weighted by molar-refractivity contribution is 0.0242. The summed E-state index contributed by atoms with van der Waals surface area (Å²) in [7, 11) is 8.84. The van der Waals surface area contributed by atoms with Crippen molar-refractivity contribution in [3.8, 4) is 0 Å². The summed E-state index contributed by atoms with van der Waals surface area (Å²) in [6, 6.07) is 0. The highest BCUT2D eigenvalue weighted by atomic mass is 16.5.